The largest absolute Gasteiger partial charge is 0.325 e. The van der Waals surface area contributed by atoms with Crippen LogP contribution in [-0.2, 0) is 5.41 Å². The molecule has 2 N–H and O–H groups in total. The molecule has 2 rings (SSSR count). The Morgan fingerprint density at radius 1 is 1.24 bits per heavy atom. The zero-order valence-electron chi connectivity index (χ0n) is 10.5. The first kappa shape index (κ1) is 12.5. The summed E-state index contributed by atoms with van der Waals surface area (Å²) in [5.41, 5.74) is 6.41. The summed E-state index contributed by atoms with van der Waals surface area (Å²) in [6, 6.07) is 4.67. The van der Waals surface area contributed by atoms with Crippen molar-refractivity contribution in [2.45, 2.75) is 38.6 Å². The van der Waals surface area contributed by atoms with Crippen molar-refractivity contribution >= 4 is 21.6 Å². The minimum atomic E-state index is -0.376. The van der Waals surface area contributed by atoms with Crippen molar-refractivity contribution in [2.75, 3.05) is 0 Å². The SMILES string of the molecule is CC(C)(N)C(C)(C)c1nc2ccc(F)cc2s1. The fourth-order valence-electron chi connectivity index (χ4n) is 1.44. The number of rotatable bonds is 2. The summed E-state index contributed by atoms with van der Waals surface area (Å²) < 4.78 is 14.0. The van der Waals surface area contributed by atoms with Crippen LogP contribution in [-0.4, -0.2) is 10.5 Å². The number of benzene rings is 1. The van der Waals surface area contributed by atoms with E-state index in [1.54, 1.807) is 6.07 Å². The van der Waals surface area contributed by atoms with Crippen molar-refractivity contribution in [2.24, 2.45) is 5.73 Å². The molecule has 0 saturated heterocycles. The van der Waals surface area contributed by atoms with E-state index >= 15 is 0 Å². The molecule has 4 heteroatoms. The average molecular weight is 252 g/mol. The molecule has 2 nitrogen and oxygen atoms in total. The van der Waals surface area contributed by atoms with Gasteiger partial charge in [-0.05, 0) is 32.0 Å². The van der Waals surface area contributed by atoms with E-state index < -0.39 is 0 Å². The molecule has 0 aliphatic rings. The van der Waals surface area contributed by atoms with Gasteiger partial charge in [-0.25, -0.2) is 9.37 Å². The van der Waals surface area contributed by atoms with Gasteiger partial charge in [-0.3, -0.25) is 0 Å². The van der Waals surface area contributed by atoms with Crippen LogP contribution < -0.4 is 5.73 Å². The Bertz CT molecular complexity index is 552. The minimum absolute atomic E-state index is 0.225. The van der Waals surface area contributed by atoms with Gasteiger partial charge in [0, 0.05) is 11.0 Å². The molecule has 0 saturated carbocycles. The molecule has 1 aromatic carbocycles. The third-order valence-electron chi connectivity index (χ3n) is 3.50. The lowest BCUT2D eigenvalue weighted by molar-refractivity contribution is 0.306. The summed E-state index contributed by atoms with van der Waals surface area (Å²) in [6.07, 6.45) is 0. The zero-order chi connectivity index (χ0) is 12.8. The van der Waals surface area contributed by atoms with E-state index in [0.29, 0.717) is 0 Å². The van der Waals surface area contributed by atoms with Gasteiger partial charge < -0.3 is 5.73 Å². The Hall–Kier alpha value is -1.000. The summed E-state index contributed by atoms with van der Waals surface area (Å²) >= 11 is 1.51. The summed E-state index contributed by atoms with van der Waals surface area (Å²) in [4.78, 5) is 4.56. The second-order valence-electron chi connectivity index (χ2n) is 5.48. The van der Waals surface area contributed by atoms with Crippen LogP contribution in [0.3, 0.4) is 0 Å². The van der Waals surface area contributed by atoms with E-state index in [4.69, 9.17) is 5.73 Å². The highest BCUT2D eigenvalue weighted by atomic mass is 32.1. The molecule has 0 unspecified atom stereocenters. The van der Waals surface area contributed by atoms with E-state index in [1.807, 2.05) is 13.8 Å². The van der Waals surface area contributed by atoms with Gasteiger partial charge in [-0.15, -0.1) is 11.3 Å². The summed E-state index contributed by atoms with van der Waals surface area (Å²) in [7, 11) is 0. The molecule has 0 spiro atoms. The first-order chi connectivity index (χ1) is 7.72. The number of hydrogen-bond donors (Lipinski definition) is 1. The molecule has 0 aliphatic carbocycles. The number of thiazole rings is 1. The van der Waals surface area contributed by atoms with Gasteiger partial charge in [-0.2, -0.15) is 0 Å². The molecule has 2 aromatic rings. The smallest absolute Gasteiger partial charge is 0.124 e. The number of nitrogens with zero attached hydrogens (tertiary/aromatic N) is 1. The lowest BCUT2D eigenvalue weighted by Gasteiger charge is -2.36. The van der Waals surface area contributed by atoms with Crippen LogP contribution >= 0.6 is 11.3 Å². The van der Waals surface area contributed by atoms with E-state index in [2.05, 4.69) is 18.8 Å². The molecule has 0 amide bonds. The normalized spacial score (nSPS) is 13.3. The van der Waals surface area contributed by atoms with Crippen molar-refractivity contribution in [3.8, 4) is 0 Å². The maximum absolute atomic E-state index is 13.1. The molecular weight excluding hydrogens is 235 g/mol. The Balaban J connectivity index is 2.57. The van der Waals surface area contributed by atoms with Gasteiger partial charge in [0.15, 0.2) is 0 Å². The molecule has 17 heavy (non-hydrogen) atoms. The van der Waals surface area contributed by atoms with Crippen molar-refractivity contribution in [1.82, 2.24) is 4.98 Å². The molecule has 1 heterocycles. The lowest BCUT2D eigenvalue weighted by atomic mass is 9.76. The second kappa shape index (κ2) is 3.75. The van der Waals surface area contributed by atoms with Crippen LogP contribution in [0.5, 0.6) is 0 Å². The van der Waals surface area contributed by atoms with Gasteiger partial charge in [0.25, 0.3) is 0 Å². The van der Waals surface area contributed by atoms with E-state index in [0.717, 1.165) is 15.2 Å². The predicted octanol–water partition coefficient (Wildman–Crippen LogP) is 3.45. The Morgan fingerprint density at radius 2 is 1.88 bits per heavy atom. The van der Waals surface area contributed by atoms with Gasteiger partial charge >= 0.3 is 0 Å². The van der Waals surface area contributed by atoms with Crippen molar-refractivity contribution < 1.29 is 4.39 Å². The van der Waals surface area contributed by atoms with E-state index in [-0.39, 0.29) is 16.8 Å². The van der Waals surface area contributed by atoms with Crippen LogP contribution in [0.4, 0.5) is 4.39 Å². The fraction of sp³-hybridized carbons (Fsp3) is 0.462. The highest BCUT2D eigenvalue weighted by molar-refractivity contribution is 7.18. The molecule has 0 fully saturated rings. The first-order valence-electron chi connectivity index (χ1n) is 5.57. The standard InChI is InChI=1S/C13H17FN2S/c1-12(2,13(3,4)15)11-16-9-6-5-8(14)7-10(9)17-11/h5-7H,15H2,1-4H3. The molecule has 0 radical (unpaired) electrons. The monoisotopic (exact) mass is 252 g/mol. The number of fused-ring (bicyclic) bond motifs is 1. The van der Waals surface area contributed by atoms with Gasteiger partial charge in [0.2, 0.25) is 0 Å². The zero-order valence-corrected chi connectivity index (χ0v) is 11.4. The van der Waals surface area contributed by atoms with Crippen molar-refractivity contribution in [3.05, 3.63) is 29.0 Å². The van der Waals surface area contributed by atoms with Crippen LogP contribution in [0.15, 0.2) is 18.2 Å². The highest BCUT2D eigenvalue weighted by Crippen LogP contribution is 2.37. The summed E-state index contributed by atoms with van der Waals surface area (Å²) in [6.45, 7) is 8.11. The third-order valence-corrected chi connectivity index (χ3v) is 4.84. The van der Waals surface area contributed by atoms with E-state index in [9.17, 15) is 4.39 Å². The van der Waals surface area contributed by atoms with E-state index in [1.165, 1.54) is 23.5 Å². The molecule has 0 aliphatic heterocycles. The first-order valence-corrected chi connectivity index (χ1v) is 6.39. The second-order valence-corrected chi connectivity index (χ2v) is 6.51. The Kier molecular flexibility index (Phi) is 2.75. The van der Waals surface area contributed by atoms with Crippen molar-refractivity contribution in [3.63, 3.8) is 0 Å². The summed E-state index contributed by atoms with van der Waals surface area (Å²) in [5.74, 6) is -0.225. The molecule has 1 aromatic heterocycles. The van der Waals surface area contributed by atoms with Crippen LogP contribution in [0, 0.1) is 5.82 Å². The fourth-order valence-corrected chi connectivity index (χ4v) is 2.70. The van der Waals surface area contributed by atoms with Gasteiger partial charge in [0.1, 0.15) is 10.8 Å². The third kappa shape index (κ3) is 2.07. The Morgan fingerprint density at radius 3 is 2.47 bits per heavy atom. The number of aromatic nitrogens is 1. The Labute approximate surface area is 105 Å². The summed E-state index contributed by atoms with van der Waals surface area (Å²) in [5, 5.41) is 0.950. The maximum atomic E-state index is 13.1. The maximum Gasteiger partial charge on any atom is 0.124 e. The van der Waals surface area contributed by atoms with Crippen LogP contribution in [0.2, 0.25) is 0 Å². The number of halogens is 1. The molecule has 0 atom stereocenters. The lowest BCUT2D eigenvalue weighted by Crippen LogP contribution is -2.50. The highest BCUT2D eigenvalue weighted by Gasteiger charge is 2.37. The van der Waals surface area contributed by atoms with Gasteiger partial charge in [0.05, 0.1) is 10.2 Å². The van der Waals surface area contributed by atoms with Gasteiger partial charge in [-0.1, -0.05) is 13.8 Å². The molecule has 92 valence electrons. The van der Waals surface area contributed by atoms with Crippen LogP contribution in [0.1, 0.15) is 32.7 Å². The average Bonchev–Trinajstić information content (AvgIpc) is 2.58. The minimum Gasteiger partial charge on any atom is -0.325 e. The predicted molar refractivity (Wildman–Crippen MR) is 70.9 cm³/mol. The molecular formula is C13H17FN2S. The topological polar surface area (TPSA) is 38.9 Å². The number of nitrogens with two attached hydrogens (primary N) is 1. The number of hydrogen-bond acceptors (Lipinski definition) is 3. The quantitative estimate of drug-likeness (QED) is 0.889. The molecule has 0 bridgehead atoms. The van der Waals surface area contributed by atoms with Crippen molar-refractivity contribution in [1.29, 1.82) is 0 Å². The van der Waals surface area contributed by atoms with Crippen LogP contribution in [0.25, 0.3) is 10.2 Å².